The fourth-order valence-corrected chi connectivity index (χ4v) is 1.93. The van der Waals surface area contributed by atoms with Crippen molar-refractivity contribution >= 4 is 5.97 Å². The summed E-state index contributed by atoms with van der Waals surface area (Å²) in [7, 11) is 0. The van der Waals surface area contributed by atoms with Crippen molar-refractivity contribution in [3.8, 4) is 0 Å². The first-order valence-electron chi connectivity index (χ1n) is 5.81. The third kappa shape index (κ3) is 4.62. The fourth-order valence-electron chi connectivity index (χ4n) is 1.93. The zero-order valence-electron chi connectivity index (χ0n) is 9.37. The highest BCUT2D eigenvalue weighted by molar-refractivity contribution is 5.69. The Kier molecular flexibility index (Phi) is 5.65. The van der Waals surface area contributed by atoms with E-state index in [0.29, 0.717) is 13.0 Å². The molecule has 4 nitrogen and oxygen atoms in total. The van der Waals surface area contributed by atoms with Crippen LogP contribution in [0.15, 0.2) is 0 Å². The van der Waals surface area contributed by atoms with Crippen LogP contribution in [0.2, 0.25) is 0 Å². The summed E-state index contributed by atoms with van der Waals surface area (Å²) in [6.45, 7) is 3.04. The van der Waals surface area contributed by atoms with Crippen molar-refractivity contribution in [1.29, 1.82) is 0 Å². The number of hydrogen-bond donors (Lipinski definition) is 2. The molecular weight excluding hydrogens is 194 g/mol. The van der Waals surface area contributed by atoms with Crippen molar-refractivity contribution in [3.63, 3.8) is 0 Å². The number of carbonyl (C=O) groups excluding carboxylic acids is 1. The third-order valence-electron chi connectivity index (χ3n) is 2.75. The highest BCUT2D eigenvalue weighted by atomic mass is 16.5. The molecule has 1 rings (SSSR count). The molecule has 0 saturated heterocycles. The van der Waals surface area contributed by atoms with Crippen molar-refractivity contribution in [2.24, 2.45) is 0 Å². The zero-order chi connectivity index (χ0) is 11.1. The van der Waals surface area contributed by atoms with Gasteiger partial charge in [-0.15, -0.1) is 0 Å². The van der Waals surface area contributed by atoms with Gasteiger partial charge in [0.15, 0.2) is 0 Å². The van der Waals surface area contributed by atoms with Gasteiger partial charge in [-0.25, -0.2) is 0 Å². The lowest BCUT2D eigenvalue weighted by atomic mass is 10.2. The van der Waals surface area contributed by atoms with Crippen LogP contribution in [0.5, 0.6) is 0 Å². The summed E-state index contributed by atoms with van der Waals surface area (Å²) in [6.07, 6.45) is 4.08. The van der Waals surface area contributed by atoms with Gasteiger partial charge in [0, 0.05) is 12.5 Å². The average Bonchev–Trinajstić information content (AvgIpc) is 2.60. The van der Waals surface area contributed by atoms with Gasteiger partial charge >= 0.3 is 5.97 Å². The Morgan fingerprint density at radius 3 is 2.93 bits per heavy atom. The molecule has 15 heavy (non-hydrogen) atoms. The highest BCUT2D eigenvalue weighted by Gasteiger charge is 2.23. The second kappa shape index (κ2) is 6.80. The molecule has 1 aliphatic rings. The standard InChI is InChI=1S/C11H21NO3/c1-2-15-11(14)7-4-8-12-9-5-3-6-10(9)13/h9-10,12-13H,2-8H2,1H3/t9-,10-/m1/s1. The van der Waals surface area contributed by atoms with Crippen LogP contribution in [-0.2, 0) is 9.53 Å². The van der Waals surface area contributed by atoms with Crippen LogP contribution in [0.3, 0.4) is 0 Å². The van der Waals surface area contributed by atoms with Gasteiger partial charge in [-0.05, 0) is 39.2 Å². The average molecular weight is 215 g/mol. The maximum Gasteiger partial charge on any atom is 0.305 e. The third-order valence-corrected chi connectivity index (χ3v) is 2.75. The largest absolute Gasteiger partial charge is 0.466 e. The van der Waals surface area contributed by atoms with E-state index in [1.165, 1.54) is 0 Å². The summed E-state index contributed by atoms with van der Waals surface area (Å²) in [5.41, 5.74) is 0. The predicted octanol–water partition coefficient (Wildman–Crippen LogP) is 0.833. The van der Waals surface area contributed by atoms with Crippen LogP contribution >= 0.6 is 0 Å². The van der Waals surface area contributed by atoms with Crippen molar-refractivity contribution in [3.05, 3.63) is 0 Å². The van der Waals surface area contributed by atoms with Crippen molar-refractivity contribution < 1.29 is 14.6 Å². The van der Waals surface area contributed by atoms with Gasteiger partial charge in [0.25, 0.3) is 0 Å². The van der Waals surface area contributed by atoms with Crippen LogP contribution in [0, 0.1) is 0 Å². The molecule has 0 aromatic heterocycles. The van der Waals surface area contributed by atoms with E-state index < -0.39 is 0 Å². The van der Waals surface area contributed by atoms with Crippen molar-refractivity contribution in [2.75, 3.05) is 13.2 Å². The molecule has 0 spiro atoms. The first kappa shape index (κ1) is 12.5. The molecule has 0 heterocycles. The predicted molar refractivity (Wildman–Crippen MR) is 57.5 cm³/mol. The van der Waals surface area contributed by atoms with Crippen LogP contribution in [0.25, 0.3) is 0 Å². The summed E-state index contributed by atoms with van der Waals surface area (Å²) >= 11 is 0. The maximum absolute atomic E-state index is 11.0. The summed E-state index contributed by atoms with van der Waals surface area (Å²) in [5.74, 6) is -0.133. The van der Waals surface area contributed by atoms with Gasteiger partial charge in [-0.3, -0.25) is 4.79 Å². The van der Waals surface area contributed by atoms with E-state index in [1.807, 2.05) is 6.92 Å². The van der Waals surface area contributed by atoms with Crippen LogP contribution in [0.4, 0.5) is 0 Å². The molecule has 4 heteroatoms. The van der Waals surface area contributed by atoms with Crippen LogP contribution in [0.1, 0.15) is 39.0 Å². The van der Waals surface area contributed by atoms with Gasteiger partial charge in [-0.2, -0.15) is 0 Å². The SMILES string of the molecule is CCOC(=O)CCCN[C@@H]1CCC[C@H]1O. The molecule has 2 atom stereocenters. The minimum absolute atomic E-state index is 0.133. The molecule has 0 unspecified atom stereocenters. The van der Waals surface area contributed by atoms with E-state index in [9.17, 15) is 9.90 Å². The summed E-state index contributed by atoms with van der Waals surface area (Å²) in [5, 5.41) is 12.8. The van der Waals surface area contributed by atoms with Gasteiger partial charge in [0.2, 0.25) is 0 Å². The number of aliphatic hydroxyl groups excluding tert-OH is 1. The molecule has 0 radical (unpaired) electrons. The van der Waals surface area contributed by atoms with E-state index >= 15 is 0 Å². The smallest absolute Gasteiger partial charge is 0.305 e. The van der Waals surface area contributed by atoms with Crippen molar-refractivity contribution in [2.45, 2.75) is 51.2 Å². The molecular formula is C11H21NO3. The molecule has 0 bridgehead atoms. The molecule has 1 fully saturated rings. The maximum atomic E-state index is 11.0. The number of esters is 1. The van der Waals surface area contributed by atoms with Gasteiger partial charge in [0.05, 0.1) is 12.7 Å². The monoisotopic (exact) mass is 215 g/mol. The number of carbonyl (C=O) groups is 1. The normalized spacial score (nSPS) is 25.5. The minimum Gasteiger partial charge on any atom is -0.466 e. The Hall–Kier alpha value is -0.610. The van der Waals surface area contributed by atoms with E-state index in [0.717, 1.165) is 32.2 Å². The quantitative estimate of drug-likeness (QED) is 0.509. The Morgan fingerprint density at radius 2 is 2.33 bits per heavy atom. The zero-order valence-corrected chi connectivity index (χ0v) is 9.37. The Bertz CT molecular complexity index is 196. The highest BCUT2D eigenvalue weighted by Crippen LogP contribution is 2.18. The molecule has 0 amide bonds. The Morgan fingerprint density at radius 1 is 1.53 bits per heavy atom. The molecule has 1 aliphatic carbocycles. The summed E-state index contributed by atoms with van der Waals surface area (Å²) in [6, 6.07) is 0.229. The number of aliphatic hydroxyl groups is 1. The van der Waals surface area contributed by atoms with Crippen LogP contribution < -0.4 is 5.32 Å². The number of rotatable bonds is 6. The molecule has 0 aromatic carbocycles. The van der Waals surface area contributed by atoms with E-state index in [1.54, 1.807) is 0 Å². The lowest BCUT2D eigenvalue weighted by Gasteiger charge is -2.15. The molecule has 2 N–H and O–H groups in total. The van der Waals surface area contributed by atoms with Crippen LogP contribution in [-0.4, -0.2) is 36.4 Å². The Labute approximate surface area is 91.0 Å². The van der Waals surface area contributed by atoms with Gasteiger partial charge < -0.3 is 15.2 Å². The van der Waals surface area contributed by atoms with E-state index in [-0.39, 0.29) is 18.1 Å². The molecule has 0 aliphatic heterocycles. The minimum atomic E-state index is -0.201. The second-order valence-corrected chi connectivity index (χ2v) is 3.97. The van der Waals surface area contributed by atoms with E-state index in [4.69, 9.17) is 4.74 Å². The molecule has 0 aromatic rings. The topological polar surface area (TPSA) is 58.6 Å². The van der Waals surface area contributed by atoms with Crippen molar-refractivity contribution in [1.82, 2.24) is 5.32 Å². The van der Waals surface area contributed by atoms with Gasteiger partial charge in [-0.1, -0.05) is 0 Å². The second-order valence-electron chi connectivity index (χ2n) is 3.97. The van der Waals surface area contributed by atoms with Gasteiger partial charge in [0.1, 0.15) is 0 Å². The number of nitrogens with one attached hydrogen (secondary N) is 1. The number of hydrogen-bond acceptors (Lipinski definition) is 4. The van der Waals surface area contributed by atoms with E-state index in [2.05, 4.69) is 5.32 Å². The molecule has 1 saturated carbocycles. The lowest BCUT2D eigenvalue weighted by Crippen LogP contribution is -2.36. The summed E-state index contributed by atoms with van der Waals surface area (Å²) < 4.78 is 4.82. The molecule has 88 valence electrons. The lowest BCUT2D eigenvalue weighted by molar-refractivity contribution is -0.143. The first-order chi connectivity index (χ1) is 7.24. The fraction of sp³-hybridized carbons (Fsp3) is 0.909. The number of ether oxygens (including phenoxy) is 1. The summed E-state index contributed by atoms with van der Waals surface area (Å²) in [4.78, 5) is 11.0. The first-order valence-corrected chi connectivity index (χ1v) is 5.81. The Balaban J connectivity index is 1.99.